The first-order valence-corrected chi connectivity index (χ1v) is 6.69. The number of ether oxygens (including phenoxy) is 1. The number of rotatable bonds is 2. The molecular formula is C15H19F2NO2. The lowest BCUT2D eigenvalue weighted by Gasteiger charge is -2.33. The lowest BCUT2D eigenvalue weighted by Crippen LogP contribution is -2.44. The summed E-state index contributed by atoms with van der Waals surface area (Å²) >= 11 is 0. The molecule has 5 heteroatoms. The van der Waals surface area contributed by atoms with Crippen molar-refractivity contribution in [1.82, 2.24) is 5.32 Å². The maximum Gasteiger partial charge on any atom is 0.313 e. The highest BCUT2D eigenvalue weighted by Crippen LogP contribution is 2.36. The molecule has 1 N–H and O–H groups in total. The molecule has 1 fully saturated rings. The van der Waals surface area contributed by atoms with E-state index in [1.807, 2.05) is 0 Å². The molecule has 0 radical (unpaired) electrons. The van der Waals surface area contributed by atoms with Crippen molar-refractivity contribution >= 4 is 5.97 Å². The van der Waals surface area contributed by atoms with E-state index in [1.54, 1.807) is 20.8 Å². The average molecular weight is 283 g/mol. The molecule has 0 aromatic heterocycles. The van der Waals surface area contributed by atoms with Crippen molar-refractivity contribution < 1.29 is 18.3 Å². The van der Waals surface area contributed by atoms with Crippen LogP contribution in [0.2, 0.25) is 0 Å². The predicted octanol–water partition coefficient (Wildman–Crippen LogP) is 3.09. The highest BCUT2D eigenvalue weighted by molar-refractivity contribution is 5.76. The molecule has 1 heterocycles. The quantitative estimate of drug-likeness (QED) is 0.848. The number of hydrogen-bond donors (Lipinski definition) is 1. The highest BCUT2D eigenvalue weighted by atomic mass is 19.1. The topological polar surface area (TPSA) is 38.3 Å². The van der Waals surface area contributed by atoms with Crippen LogP contribution in [0.15, 0.2) is 18.2 Å². The largest absolute Gasteiger partial charge is 0.439 e. The Balaban J connectivity index is 2.40. The van der Waals surface area contributed by atoms with E-state index in [0.717, 1.165) is 24.6 Å². The molecule has 0 bridgehead atoms. The van der Waals surface area contributed by atoms with Crippen LogP contribution in [0.5, 0.6) is 0 Å². The Morgan fingerprint density at radius 2 is 2.05 bits per heavy atom. The second-order valence-electron chi connectivity index (χ2n) is 6.12. The van der Waals surface area contributed by atoms with Crippen LogP contribution < -0.4 is 5.32 Å². The second kappa shape index (κ2) is 5.13. The maximum absolute atomic E-state index is 14.0. The van der Waals surface area contributed by atoms with Gasteiger partial charge in [-0.15, -0.1) is 0 Å². The molecule has 110 valence electrons. The van der Waals surface area contributed by atoms with Crippen LogP contribution in [-0.4, -0.2) is 12.5 Å². The van der Waals surface area contributed by atoms with Crippen LogP contribution >= 0.6 is 0 Å². The molecule has 1 aromatic rings. The number of esters is 1. The zero-order chi connectivity index (χ0) is 15.0. The number of hydrogen-bond acceptors (Lipinski definition) is 3. The van der Waals surface area contributed by atoms with E-state index < -0.39 is 28.7 Å². The van der Waals surface area contributed by atoms with Gasteiger partial charge in [-0.2, -0.15) is 0 Å². The van der Waals surface area contributed by atoms with Crippen molar-refractivity contribution in [3.05, 3.63) is 35.4 Å². The van der Waals surface area contributed by atoms with Crippen LogP contribution in [0.1, 0.15) is 39.2 Å². The summed E-state index contributed by atoms with van der Waals surface area (Å²) in [5.74, 6) is -1.58. The van der Waals surface area contributed by atoms with Gasteiger partial charge in [0, 0.05) is 12.0 Å². The zero-order valence-corrected chi connectivity index (χ0v) is 11.9. The highest BCUT2D eigenvalue weighted by Gasteiger charge is 2.43. The van der Waals surface area contributed by atoms with Gasteiger partial charge in [-0.1, -0.05) is 0 Å². The smallest absolute Gasteiger partial charge is 0.313 e. The lowest BCUT2D eigenvalue weighted by atomic mass is 9.95. The summed E-state index contributed by atoms with van der Waals surface area (Å²) < 4.78 is 33.0. The average Bonchev–Trinajstić information content (AvgIpc) is 2.80. The third kappa shape index (κ3) is 2.82. The molecule has 1 aliphatic heterocycles. The van der Waals surface area contributed by atoms with Gasteiger partial charge in [0.25, 0.3) is 0 Å². The fourth-order valence-electron chi connectivity index (χ4n) is 2.21. The van der Waals surface area contributed by atoms with Crippen molar-refractivity contribution in [3.8, 4) is 0 Å². The van der Waals surface area contributed by atoms with Crippen LogP contribution in [-0.2, 0) is 15.3 Å². The minimum Gasteiger partial charge on any atom is -0.439 e. The molecule has 0 aliphatic carbocycles. The van der Waals surface area contributed by atoms with Gasteiger partial charge in [0.2, 0.25) is 0 Å². The molecule has 3 nitrogen and oxygen atoms in total. The number of halogens is 2. The summed E-state index contributed by atoms with van der Waals surface area (Å²) in [7, 11) is 0. The van der Waals surface area contributed by atoms with Gasteiger partial charge in [0.15, 0.2) is 5.72 Å². The molecule has 1 aromatic carbocycles. The Morgan fingerprint density at radius 3 is 2.60 bits per heavy atom. The fourth-order valence-corrected chi connectivity index (χ4v) is 2.21. The lowest BCUT2D eigenvalue weighted by molar-refractivity contribution is -0.173. The molecule has 0 amide bonds. The summed E-state index contributed by atoms with van der Waals surface area (Å²) in [6.45, 7) is 5.76. The molecule has 0 spiro atoms. The third-order valence-electron chi connectivity index (χ3n) is 3.36. The fraction of sp³-hybridized carbons (Fsp3) is 0.533. The Kier molecular flexibility index (Phi) is 3.82. The molecule has 0 saturated carbocycles. The summed E-state index contributed by atoms with van der Waals surface area (Å²) in [6.07, 6.45) is 1.16. The first kappa shape index (κ1) is 14.9. The summed E-state index contributed by atoms with van der Waals surface area (Å²) in [4.78, 5) is 12.1. The van der Waals surface area contributed by atoms with Gasteiger partial charge in [-0.25, -0.2) is 8.78 Å². The zero-order valence-electron chi connectivity index (χ0n) is 11.9. The minimum atomic E-state index is -1.27. The van der Waals surface area contributed by atoms with E-state index in [2.05, 4.69) is 5.32 Å². The van der Waals surface area contributed by atoms with Gasteiger partial charge in [0.1, 0.15) is 11.6 Å². The van der Waals surface area contributed by atoms with Crippen LogP contribution in [0, 0.1) is 17.0 Å². The summed E-state index contributed by atoms with van der Waals surface area (Å²) in [5, 5.41) is 3.01. The van der Waals surface area contributed by atoms with E-state index in [-0.39, 0.29) is 5.56 Å². The van der Waals surface area contributed by atoms with Gasteiger partial charge in [0.05, 0.1) is 5.41 Å². The molecule has 2 rings (SSSR count). The van der Waals surface area contributed by atoms with E-state index in [1.165, 1.54) is 0 Å². The van der Waals surface area contributed by atoms with Crippen molar-refractivity contribution in [2.24, 2.45) is 5.41 Å². The van der Waals surface area contributed by atoms with Crippen molar-refractivity contribution in [1.29, 1.82) is 0 Å². The second-order valence-corrected chi connectivity index (χ2v) is 6.12. The first-order chi connectivity index (χ1) is 9.24. The van der Waals surface area contributed by atoms with E-state index >= 15 is 0 Å². The number of nitrogens with one attached hydrogen (secondary N) is 1. The predicted molar refractivity (Wildman–Crippen MR) is 70.8 cm³/mol. The Labute approximate surface area is 117 Å². The minimum absolute atomic E-state index is 0.0487. The third-order valence-corrected chi connectivity index (χ3v) is 3.36. The number of carbonyl (C=O) groups excluding carboxylic acids is 1. The van der Waals surface area contributed by atoms with Gasteiger partial charge in [-0.05, 0) is 51.9 Å². The Bertz CT molecular complexity index is 517. The van der Waals surface area contributed by atoms with Crippen LogP contribution in [0.25, 0.3) is 0 Å². The van der Waals surface area contributed by atoms with Crippen molar-refractivity contribution in [3.63, 3.8) is 0 Å². The van der Waals surface area contributed by atoms with E-state index in [4.69, 9.17) is 4.74 Å². The Morgan fingerprint density at radius 1 is 1.35 bits per heavy atom. The van der Waals surface area contributed by atoms with Crippen molar-refractivity contribution in [2.75, 3.05) is 6.54 Å². The molecule has 1 atom stereocenters. The van der Waals surface area contributed by atoms with Gasteiger partial charge >= 0.3 is 5.97 Å². The van der Waals surface area contributed by atoms with Gasteiger partial charge < -0.3 is 4.74 Å². The maximum atomic E-state index is 14.0. The SMILES string of the molecule is CC(C)(C)C(=O)OC1(c2cc(F)ccc2F)CCCN1. The normalized spacial score (nSPS) is 22.9. The molecule has 20 heavy (non-hydrogen) atoms. The summed E-state index contributed by atoms with van der Waals surface area (Å²) in [6, 6.07) is 3.19. The monoisotopic (exact) mass is 283 g/mol. The van der Waals surface area contributed by atoms with Crippen LogP contribution in [0.3, 0.4) is 0 Å². The van der Waals surface area contributed by atoms with Crippen molar-refractivity contribution in [2.45, 2.75) is 39.3 Å². The first-order valence-electron chi connectivity index (χ1n) is 6.69. The molecular weight excluding hydrogens is 264 g/mol. The summed E-state index contributed by atoms with van der Waals surface area (Å²) in [5.41, 5.74) is -1.93. The molecule has 1 saturated heterocycles. The van der Waals surface area contributed by atoms with E-state index in [9.17, 15) is 13.6 Å². The Hall–Kier alpha value is -1.49. The number of carbonyl (C=O) groups is 1. The molecule has 1 aliphatic rings. The van der Waals surface area contributed by atoms with E-state index in [0.29, 0.717) is 13.0 Å². The van der Waals surface area contributed by atoms with Crippen LogP contribution in [0.4, 0.5) is 8.78 Å². The molecule has 1 unspecified atom stereocenters. The number of benzene rings is 1. The standard InChI is InChI=1S/C15H19F2NO2/c1-14(2,3)13(19)20-15(7-4-8-18-15)11-9-10(16)5-6-12(11)17/h5-6,9,18H,4,7-8H2,1-3H3. The van der Waals surface area contributed by atoms with Gasteiger partial charge in [-0.3, -0.25) is 10.1 Å².